The van der Waals surface area contributed by atoms with E-state index in [0.29, 0.717) is 32.1 Å². The Balaban J connectivity index is 1.21. The van der Waals surface area contributed by atoms with Crippen LogP contribution < -0.4 is 5.32 Å². The number of aldehydes is 1. The number of fused-ring (bicyclic) bond motifs is 7. The monoisotopic (exact) mass is 715 g/mol. The minimum atomic E-state index is -2.15. The number of benzene rings is 1. The molecule has 0 unspecified atom stereocenters. The Hall–Kier alpha value is -2.62. The zero-order valence-electron chi connectivity index (χ0n) is 30.0. The van der Waals surface area contributed by atoms with Crippen molar-refractivity contribution >= 4 is 12.3 Å². The first-order valence-electron chi connectivity index (χ1n) is 19.7. The van der Waals surface area contributed by atoms with Crippen molar-refractivity contribution in [2.24, 2.45) is 39.9 Å². The zero-order chi connectivity index (χ0) is 36.5. The lowest BCUT2D eigenvalue weighted by atomic mass is 9.36. The van der Waals surface area contributed by atoms with Crippen LogP contribution in [0.15, 0.2) is 29.8 Å². The van der Waals surface area contributed by atoms with Crippen LogP contribution >= 0.6 is 0 Å². The van der Waals surface area contributed by atoms with E-state index in [0.717, 1.165) is 54.2 Å². The van der Waals surface area contributed by atoms with Crippen LogP contribution in [0.3, 0.4) is 0 Å². The molecule has 0 saturated heterocycles. The topological polar surface area (TPSA) is 177 Å². The highest BCUT2D eigenvalue weighted by molar-refractivity contribution is 5.86. The van der Waals surface area contributed by atoms with E-state index in [1.54, 1.807) is 6.08 Å². The highest BCUT2D eigenvalue weighted by Crippen LogP contribution is 2.77. The van der Waals surface area contributed by atoms with Crippen LogP contribution in [-0.4, -0.2) is 91.1 Å². The average molecular weight is 716 g/mol. The van der Waals surface area contributed by atoms with Gasteiger partial charge in [0.25, 0.3) is 0 Å². The third-order valence-electron chi connectivity index (χ3n) is 16.6. The summed E-state index contributed by atoms with van der Waals surface area (Å²) in [4.78, 5) is 26.9. The van der Waals surface area contributed by atoms with E-state index in [4.69, 9.17) is 4.74 Å². The van der Waals surface area contributed by atoms with E-state index in [-0.39, 0.29) is 62.5 Å². The Bertz CT molecular complexity index is 1780. The van der Waals surface area contributed by atoms with Gasteiger partial charge >= 0.3 is 5.97 Å². The summed E-state index contributed by atoms with van der Waals surface area (Å²) in [5, 5.41) is 77.1. The fourth-order valence-corrected chi connectivity index (χ4v) is 14.5. The number of ether oxygens (including phenoxy) is 1. The van der Waals surface area contributed by atoms with Gasteiger partial charge in [0.1, 0.15) is 23.6 Å². The SMILES string of the molecule is CN[C@@H]1Cc2c(cccc2CO)C#CCC[C@]23CC[C@H]4[C@@](O)([C@H](O)C[C@]5(O)C[C@@H](O)C6(CCCC6)C[C@]45C=O)[C@@]2(O)C[C@H]2C[C@H]1[C@H]1OC(=O)C=C1[C@@H]23. The molecule has 0 amide bonds. The quantitative estimate of drug-likeness (QED) is 0.140. The summed E-state index contributed by atoms with van der Waals surface area (Å²) in [6, 6.07) is 5.58. The van der Waals surface area contributed by atoms with Crippen molar-refractivity contribution in [3.05, 3.63) is 46.5 Å². The van der Waals surface area contributed by atoms with Gasteiger partial charge in [-0.1, -0.05) is 36.8 Å². The normalized spacial score (nSPS) is 48.3. The molecule has 9 aliphatic rings. The predicted molar refractivity (Wildman–Crippen MR) is 188 cm³/mol. The lowest BCUT2D eigenvalue weighted by molar-refractivity contribution is -0.355. The summed E-state index contributed by atoms with van der Waals surface area (Å²) < 4.78 is 6.13. The molecule has 280 valence electrons. The highest BCUT2D eigenvalue weighted by Gasteiger charge is 2.83. The summed E-state index contributed by atoms with van der Waals surface area (Å²) in [6.07, 6.45) is 5.27. The molecule has 8 aliphatic carbocycles. The summed E-state index contributed by atoms with van der Waals surface area (Å²) in [5.41, 5.74) is -5.43. The molecule has 10 heteroatoms. The molecule has 10 nitrogen and oxygen atoms in total. The number of aliphatic hydroxyl groups excluding tert-OH is 3. The van der Waals surface area contributed by atoms with Crippen molar-refractivity contribution in [1.29, 1.82) is 0 Å². The molecule has 4 bridgehead atoms. The molecule has 52 heavy (non-hydrogen) atoms. The first-order chi connectivity index (χ1) is 24.9. The Morgan fingerprint density at radius 1 is 1.04 bits per heavy atom. The van der Waals surface area contributed by atoms with Crippen molar-refractivity contribution in [3.8, 4) is 11.8 Å². The molecule has 13 atom stereocenters. The van der Waals surface area contributed by atoms with Crippen molar-refractivity contribution < 1.29 is 45.0 Å². The van der Waals surface area contributed by atoms with Gasteiger partial charge in [-0.2, -0.15) is 0 Å². The zero-order valence-corrected chi connectivity index (χ0v) is 30.0. The number of nitrogens with one attached hydrogen (secondary N) is 1. The summed E-state index contributed by atoms with van der Waals surface area (Å²) in [7, 11) is 1.88. The predicted octanol–water partition coefficient (Wildman–Crippen LogP) is 2.22. The van der Waals surface area contributed by atoms with Gasteiger partial charge in [0.2, 0.25) is 0 Å². The highest BCUT2D eigenvalue weighted by atomic mass is 16.5. The number of rotatable bonds is 3. The van der Waals surface area contributed by atoms with Crippen molar-refractivity contribution in [3.63, 3.8) is 0 Å². The van der Waals surface area contributed by atoms with Crippen LogP contribution in [-0.2, 0) is 27.4 Å². The average Bonchev–Trinajstić information content (AvgIpc) is 3.82. The van der Waals surface area contributed by atoms with Gasteiger partial charge in [-0.05, 0) is 105 Å². The van der Waals surface area contributed by atoms with Crippen LogP contribution in [0.25, 0.3) is 0 Å². The van der Waals surface area contributed by atoms with Crippen LogP contribution in [0.5, 0.6) is 0 Å². The standard InChI is InChI=1S/C42H53NO9/c1-43-30-16-27-24(8-6-9-25(27)21-44)7-2-3-13-38-14-10-31-39(23-45)22-37(11-4-5-12-37)32(46)19-40(39,49)20-33(47)42(31,51)41(38,50)18-26-15-28(30)36-29(35(26)38)17-34(48)52-36/h6,8-9,17,23,26,28,30-33,35-36,43-44,46-47,49-51H,3-5,10-16,18-22H2,1H3/t26-,28-,30-,31-,32-,33-,35-,36-,38-,39+,40-,41-,42-/m1/s1. The molecule has 7 N–H and O–H groups in total. The molecule has 10 rings (SSSR count). The smallest absolute Gasteiger partial charge is 0.331 e. The summed E-state index contributed by atoms with van der Waals surface area (Å²) in [6.45, 7) is -0.129. The second-order valence-corrected chi connectivity index (χ2v) is 18.2. The van der Waals surface area contributed by atoms with Gasteiger partial charge in [-0.25, -0.2) is 4.79 Å². The molecular weight excluding hydrogens is 662 g/mol. The van der Waals surface area contributed by atoms with Crippen molar-refractivity contribution in [1.82, 2.24) is 5.32 Å². The maximum Gasteiger partial charge on any atom is 0.331 e. The van der Waals surface area contributed by atoms with E-state index in [2.05, 4.69) is 17.2 Å². The second kappa shape index (κ2) is 11.7. The minimum absolute atomic E-state index is 0.0552. The van der Waals surface area contributed by atoms with Gasteiger partial charge in [-0.15, -0.1) is 0 Å². The van der Waals surface area contributed by atoms with Gasteiger partial charge in [0.15, 0.2) is 0 Å². The number of carbonyl (C=O) groups is 2. The third-order valence-corrected chi connectivity index (χ3v) is 16.6. The molecule has 1 aromatic carbocycles. The molecule has 6 saturated carbocycles. The number of likely N-dealkylation sites (N-methyl/N-ethyl adjacent to an activating group) is 1. The first-order valence-corrected chi connectivity index (χ1v) is 19.7. The van der Waals surface area contributed by atoms with E-state index < -0.39 is 63.2 Å². The minimum Gasteiger partial charge on any atom is -0.454 e. The number of hydrogen-bond donors (Lipinski definition) is 7. The van der Waals surface area contributed by atoms with Gasteiger partial charge in [0, 0.05) is 54.2 Å². The van der Waals surface area contributed by atoms with Crippen molar-refractivity contribution in [2.75, 3.05) is 7.05 Å². The Morgan fingerprint density at radius 2 is 1.81 bits per heavy atom. The van der Waals surface area contributed by atoms with Gasteiger partial charge < -0.3 is 45.5 Å². The van der Waals surface area contributed by atoms with Gasteiger partial charge in [0.05, 0.1) is 29.8 Å². The summed E-state index contributed by atoms with van der Waals surface area (Å²) in [5.74, 6) is 4.67. The van der Waals surface area contributed by atoms with E-state index in [1.807, 2.05) is 25.2 Å². The Kier molecular flexibility index (Phi) is 7.89. The molecule has 1 heterocycles. The van der Waals surface area contributed by atoms with Crippen molar-refractivity contribution in [2.45, 2.75) is 138 Å². The van der Waals surface area contributed by atoms with Crippen LogP contribution in [0, 0.1) is 51.8 Å². The fourth-order valence-electron chi connectivity index (χ4n) is 14.5. The number of carbonyl (C=O) groups excluding carboxylic acids is 2. The van der Waals surface area contributed by atoms with Crippen LogP contribution in [0.2, 0.25) is 0 Å². The van der Waals surface area contributed by atoms with E-state index in [1.165, 1.54) is 0 Å². The number of hydrogen-bond acceptors (Lipinski definition) is 10. The van der Waals surface area contributed by atoms with Gasteiger partial charge in [-0.3, -0.25) is 0 Å². The van der Waals surface area contributed by atoms with E-state index >= 15 is 0 Å². The molecular formula is C42H53NO9. The molecule has 1 aliphatic heterocycles. The fraction of sp³-hybridized carbons (Fsp3) is 0.714. The maximum atomic E-state index is 13.7. The van der Waals surface area contributed by atoms with E-state index in [9.17, 15) is 40.2 Å². The second-order valence-electron chi connectivity index (χ2n) is 18.2. The largest absolute Gasteiger partial charge is 0.454 e. The van der Waals surface area contributed by atoms with Crippen LogP contribution in [0.1, 0.15) is 100 Å². The Labute approximate surface area is 305 Å². The number of aliphatic hydroxyl groups is 6. The molecule has 0 aromatic heterocycles. The Morgan fingerprint density at radius 3 is 2.54 bits per heavy atom. The van der Waals surface area contributed by atoms with Crippen LogP contribution in [0.4, 0.5) is 0 Å². The first kappa shape index (κ1) is 35.1. The molecule has 1 aromatic rings. The third kappa shape index (κ3) is 4.22. The summed E-state index contributed by atoms with van der Waals surface area (Å²) >= 11 is 0. The molecule has 0 radical (unpaired) electrons. The molecule has 2 spiro atoms. The number of esters is 1. The maximum absolute atomic E-state index is 13.7. The lowest BCUT2D eigenvalue weighted by Crippen LogP contribution is -2.82. The lowest BCUT2D eigenvalue weighted by Gasteiger charge is -2.71. The molecule has 6 fully saturated rings.